The van der Waals surface area contributed by atoms with Gasteiger partial charge in [-0.1, -0.05) is 18.2 Å². The SMILES string of the molecule is COc1ccc(C(C)n2c(N)nc3cc(C)ccc32)cc1. The number of nitrogens with zero attached hydrogens (tertiary/aromatic N) is 2. The number of ether oxygens (including phenoxy) is 1. The number of hydrogen-bond acceptors (Lipinski definition) is 3. The molecule has 4 heteroatoms. The molecule has 0 radical (unpaired) electrons. The summed E-state index contributed by atoms with van der Waals surface area (Å²) < 4.78 is 7.27. The van der Waals surface area contributed by atoms with Crippen LogP contribution in [0.2, 0.25) is 0 Å². The fourth-order valence-electron chi connectivity index (χ4n) is 2.67. The van der Waals surface area contributed by atoms with E-state index in [1.165, 1.54) is 11.1 Å². The molecule has 1 atom stereocenters. The first-order valence-corrected chi connectivity index (χ1v) is 6.98. The van der Waals surface area contributed by atoms with E-state index in [0.29, 0.717) is 5.95 Å². The average Bonchev–Trinajstić information content (AvgIpc) is 2.81. The molecule has 0 amide bonds. The van der Waals surface area contributed by atoms with E-state index in [0.717, 1.165) is 16.8 Å². The first-order valence-electron chi connectivity index (χ1n) is 6.98. The van der Waals surface area contributed by atoms with Crippen molar-refractivity contribution >= 4 is 17.0 Å². The van der Waals surface area contributed by atoms with Crippen molar-refractivity contribution in [2.75, 3.05) is 12.8 Å². The van der Waals surface area contributed by atoms with Crippen LogP contribution in [0.15, 0.2) is 42.5 Å². The summed E-state index contributed by atoms with van der Waals surface area (Å²) in [5.41, 5.74) is 10.5. The zero-order valence-electron chi connectivity index (χ0n) is 12.5. The van der Waals surface area contributed by atoms with Crippen molar-refractivity contribution in [3.8, 4) is 5.75 Å². The van der Waals surface area contributed by atoms with Crippen LogP contribution < -0.4 is 10.5 Å². The third kappa shape index (κ3) is 2.33. The number of methoxy groups -OCH3 is 1. The van der Waals surface area contributed by atoms with E-state index in [2.05, 4.69) is 53.7 Å². The van der Waals surface area contributed by atoms with Crippen molar-refractivity contribution in [3.05, 3.63) is 53.6 Å². The number of anilines is 1. The molecule has 2 aromatic carbocycles. The maximum Gasteiger partial charge on any atom is 0.201 e. The second kappa shape index (κ2) is 5.13. The van der Waals surface area contributed by atoms with Crippen LogP contribution in [0.1, 0.15) is 24.1 Å². The van der Waals surface area contributed by atoms with Crippen LogP contribution in [0.5, 0.6) is 5.75 Å². The highest BCUT2D eigenvalue weighted by atomic mass is 16.5. The molecular formula is C17H19N3O. The van der Waals surface area contributed by atoms with Crippen LogP contribution in [0.25, 0.3) is 11.0 Å². The average molecular weight is 281 g/mol. The van der Waals surface area contributed by atoms with Gasteiger partial charge in [-0.3, -0.25) is 0 Å². The van der Waals surface area contributed by atoms with Crippen molar-refractivity contribution < 1.29 is 4.74 Å². The van der Waals surface area contributed by atoms with E-state index in [1.54, 1.807) is 7.11 Å². The molecule has 0 saturated heterocycles. The zero-order chi connectivity index (χ0) is 15.0. The van der Waals surface area contributed by atoms with Gasteiger partial charge in [0.05, 0.1) is 24.2 Å². The third-order valence-corrected chi connectivity index (χ3v) is 3.86. The lowest BCUT2D eigenvalue weighted by atomic mass is 10.1. The summed E-state index contributed by atoms with van der Waals surface area (Å²) in [7, 11) is 1.67. The molecule has 0 aliphatic heterocycles. The lowest BCUT2D eigenvalue weighted by Gasteiger charge is -2.17. The van der Waals surface area contributed by atoms with Crippen molar-refractivity contribution in [3.63, 3.8) is 0 Å². The van der Waals surface area contributed by atoms with E-state index in [-0.39, 0.29) is 6.04 Å². The largest absolute Gasteiger partial charge is 0.497 e. The maximum atomic E-state index is 6.12. The highest BCUT2D eigenvalue weighted by Gasteiger charge is 2.15. The molecule has 0 aliphatic carbocycles. The minimum Gasteiger partial charge on any atom is -0.497 e. The molecule has 0 fully saturated rings. The molecule has 0 saturated carbocycles. The molecular weight excluding hydrogens is 262 g/mol. The van der Waals surface area contributed by atoms with Gasteiger partial charge >= 0.3 is 0 Å². The number of aromatic nitrogens is 2. The summed E-state index contributed by atoms with van der Waals surface area (Å²) in [6.45, 7) is 4.18. The summed E-state index contributed by atoms with van der Waals surface area (Å²) in [4.78, 5) is 4.47. The van der Waals surface area contributed by atoms with Crippen LogP contribution in [-0.2, 0) is 0 Å². The molecule has 4 nitrogen and oxygen atoms in total. The molecule has 0 spiro atoms. The predicted octanol–water partition coefficient (Wildman–Crippen LogP) is 3.54. The fraction of sp³-hybridized carbons (Fsp3) is 0.235. The quantitative estimate of drug-likeness (QED) is 0.798. The summed E-state index contributed by atoms with van der Waals surface area (Å²) in [5, 5.41) is 0. The first-order chi connectivity index (χ1) is 10.1. The number of imidazole rings is 1. The molecule has 1 heterocycles. The molecule has 3 aromatic rings. The van der Waals surface area contributed by atoms with Crippen LogP contribution in [-0.4, -0.2) is 16.7 Å². The van der Waals surface area contributed by atoms with Gasteiger partial charge in [-0.2, -0.15) is 0 Å². The molecule has 108 valence electrons. The maximum absolute atomic E-state index is 6.12. The molecule has 0 bridgehead atoms. The monoisotopic (exact) mass is 281 g/mol. The van der Waals surface area contributed by atoms with E-state index < -0.39 is 0 Å². The van der Waals surface area contributed by atoms with Crippen molar-refractivity contribution in [2.24, 2.45) is 0 Å². The Hall–Kier alpha value is -2.49. The Morgan fingerprint density at radius 1 is 1.14 bits per heavy atom. The van der Waals surface area contributed by atoms with Crippen molar-refractivity contribution in [2.45, 2.75) is 19.9 Å². The summed E-state index contributed by atoms with van der Waals surface area (Å²) in [6.07, 6.45) is 0. The minimum atomic E-state index is 0.114. The van der Waals surface area contributed by atoms with Gasteiger partial charge in [-0.25, -0.2) is 4.98 Å². The Kier molecular flexibility index (Phi) is 3.29. The van der Waals surface area contributed by atoms with E-state index in [1.807, 2.05) is 12.1 Å². The Labute approximate surface area is 124 Å². The number of nitrogen functional groups attached to an aromatic ring is 1. The number of nitrogens with two attached hydrogens (primary N) is 1. The number of hydrogen-bond donors (Lipinski definition) is 1. The van der Waals surface area contributed by atoms with Gasteiger partial charge in [0.15, 0.2) is 0 Å². The first kappa shape index (κ1) is 13.5. The second-order valence-electron chi connectivity index (χ2n) is 5.28. The van der Waals surface area contributed by atoms with Gasteiger partial charge in [0.1, 0.15) is 5.75 Å². The topological polar surface area (TPSA) is 53.1 Å². The zero-order valence-corrected chi connectivity index (χ0v) is 12.5. The fourth-order valence-corrected chi connectivity index (χ4v) is 2.67. The molecule has 0 aliphatic rings. The van der Waals surface area contributed by atoms with Crippen LogP contribution in [0.3, 0.4) is 0 Å². The van der Waals surface area contributed by atoms with Crippen molar-refractivity contribution in [1.82, 2.24) is 9.55 Å². The highest BCUT2D eigenvalue weighted by molar-refractivity contribution is 5.79. The van der Waals surface area contributed by atoms with E-state index in [4.69, 9.17) is 10.5 Å². The summed E-state index contributed by atoms with van der Waals surface area (Å²) in [6, 6.07) is 14.4. The molecule has 21 heavy (non-hydrogen) atoms. The lowest BCUT2D eigenvalue weighted by Crippen LogP contribution is -2.10. The Morgan fingerprint density at radius 3 is 2.52 bits per heavy atom. The number of benzene rings is 2. The van der Waals surface area contributed by atoms with Gasteiger partial charge in [0.2, 0.25) is 5.95 Å². The van der Waals surface area contributed by atoms with Gasteiger partial charge < -0.3 is 15.0 Å². The number of rotatable bonds is 3. The molecule has 2 N–H and O–H groups in total. The predicted molar refractivity (Wildman–Crippen MR) is 85.7 cm³/mol. The van der Waals surface area contributed by atoms with Gasteiger partial charge in [0, 0.05) is 0 Å². The standard InChI is InChI=1S/C17H19N3O/c1-11-4-9-16-15(10-11)19-17(18)20(16)12(2)13-5-7-14(21-3)8-6-13/h4-10,12H,1-3H3,(H2,18,19). The lowest BCUT2D eigenvalue weighted by molar-refractivity contribution is 0.414. The van der Waals surface area contributed by atoms with Gasteiger partial charge in [-0.15, -0.1) is 0 Å². The summed E-state index contributed by atoms with van der Waals surface area (Å²) >= 11 is 0. The smallest absolute Gasteiger partial charge is 0.201 e. The Balaban J connectivity index is 2.07. The van der Waals surface area contributed by atoms with Crippen LogP contribution >= 0.6 is 0 Å². The second-order valence-corrected chi connectivity index (χ2v) is 5.28. The Morgan fingerprint density at radius 2 is 1.86 bits per heavy atom. The summed E-state index contributed by atoms with van der Waals surface area (Å²) in [5.74, 6) is 1.39. The van der Waals surface area contributed by atoms with Gasteiger partial charge in [-0.05, 0) is 49.2 Å². The number of fused-ring (bicyclic) bond motifs is 1. The highest BCUT2D eigenvalue weighted by Crippen LogP contribution is 2.28. The van der Waals surface area contributed by atoms with Gasteiger partial charge in [0.25, 0.3) is 0 Å². The molecule has 3 rings (SSSR count). The van der Waals surface area contributed by atoms with Crippen LogP contribution in [0, 0.1) is 6.92 Å². The van der Waals surface area contributed by atoms with Crippen LogP contribution in [0.4, 0.5) is 5.95 Å². The third-order valence-electron chi connectivity index (χ3n) is 3.86. The van der Waals surface area contributed by atoms with E-state index >= 15 is 0 Å². The van der Waals surface area contributed by atoms with E-state index in [9.17, 15) is 0 Å². The molecule has 1 aromatic heterocycles. The molecule has 1 unspecified atom stereocenters. The minimum absolute atomic E-state index is 0.114. The number of aryl methyl sites for hydroxylation is 1. The van der Waals surface area contributed by atoms with Crippen molar-refractivity contribution in [1.29, 1.82) is 0 Å². The normalized spacial score (nSPS) is 12.5. The Bertz CT molecular complexity index is 775.